The van der Waals surface area contributed by atoms with Crippen LogP contribution in [0.25, 0.3) is 0 Å². The average Bonchev–Trinajstić information content (AvgIpc) is 3.32. The number of ether oxygens (including phenoxy) is 2. The summed E-state index contributed by atoms with van der Waals surface area (Å²) in [5, 5.41) is 54.4. The van der Waals surface area contributed by atoms with E-state index in [-0.39, 0.29) is 12.5 Å². The van der Waals surface area contributed by atoms with Gasteiger partial charge in [-0.1, -0.05) is 222 Å². The molecule has 1 fully saturated rings. The predicted molar refractivity (Wildman–Crippen MR) is 276 cm³/mol. The third-order valence-electron chi connectivity index (χ3n) is 12.8. The number of carbonyl (C=O) groups is 1. The van der Waals surface area contributed by atoms with E-state index in [1.54, 1.807) is 6.08 Å². The number of amides is 1. The van der Waals surface area contributed by atoms with E-state index in [1.165, 1.54) is 154 Å². The van der Waals surface area contributed by atoms with Gasteiger partial charge in [0.15, 0.2) is 6.29 Å². The van der Waals surface area contributed by atoms with Gasteiger partial charge in [-0.2, -0.15) is 0 Å². The highest BCUT2D eigenvalue weighted by Crippen LogP contribution is 2.23. The third kappa shape index (κ3) is 36.0. The first-order chi connectivity index (χ1) is 32.3. The maximum atomic E-state index is 13.0. The molecule has 9 heteroatoms. The Kier molecular flexibility index (Phi) is 43.7. The highest BCUT2D eigenvalue weighted by atomic mass is 16.7. The quantitative estimate of drug-likeness (QED) is 0.0261. The first-order valence-electron chi connectivity index (χ1n) is 27.5. The van der Waals surface area contributed by atoms with E-state index < -0.39 is 49.5 Å². The molecule has 1 aliphatic rings. The monoisotopic (exact) mass is 930 g/mol. The molecule has 7 unspecified atom stereocenters. The number of allylic oxidation sites excluding steroid dienone is 9. The molecule has 0 radical (unpaired) electrons. The van der Waals surface area contributed by atoms with Crippen LogP contribution in [0.3, 0.4) is 0 Å². The lowest BCUT2D eigenvalue weighted by molar-refractivity contribution is -0.302. The van der Waals surface area contributed by atoms with Gasteiger partial charge in [0.25, 0.3) is 0 Å². The highest BCUT2D eigenvalue weighted by Gasteiger charge is 2.44. The molecule has 1 amide bonds. The molecular weight excluding hydrogens is 827 g/mol. The van der Waals surface area contributed by atoms with Gasteiger partial charge in [-0.25, -0.2) is 0 Å². The molecule has 1 heterocycles. The lowest BCUT2D eigenvalue weighted by Crippen LogP contribution is -2.60. The van der Waals surface area contributed by atoms with Gasteiger partial charge in [-0.05, 0) is 70.6 Å². The number of aliphatic hydroxyl groups excluding tert-OH is 5. The fourth-order valence-corrected chi connectivity index (χ4v) is 8.41. The first kappa shape index (κ1) is 61.9. The smallest absolute Gasteiger partial charge is 0.220 e. The maximum Gasteiger partial charge on any atom is 0.220 e. The Hall–Kier alpha value is -2.11. The number of nitrogens with one attached hydrogen (secondary N) is 1. The molecule has 6 N–H and O–H groups in total. The SMILES string of the molecule is CCCCCCC/C=C\C/C=C\C/C=C\CCCCCCCCC(=O)NC(COC1OC(CO)C(O)C(O)C1O)C(O)/C=C/CC/C=C/CCCCCCCCCCCCCCCCCC. The van der Waals surface area contributed by atoms with Gasteiger partial charge in [0.1, 0.15) is 24.4 Å². The summed E-state index contributed by atoms with van der Waals surface area (Å²) < 4.78 is 11.2. The van der Waals surface area contributed by atoms with Crippen molar-refractivity contribution in [1.82, 2.24) is 5.32 Å². The molecule has 0 bridgehead atoms. The van der Waals surface area contributed by atoms with E-state index in [4.69, 9.17) is 9.47 Å². The largest absolute Gasteiger partial charge is 0.394 e. The normalized spacial score (nSPS) is 20.3. The number of unbranched alkanes of at least 4 members (excludes halogenated alkanes) is 28. The van der Waals surface area contributed by atoms with Crippen molar-refractivity contribution in [2.75, 3.05) is 13.2 Å². The zero-order chi connectivity index (χ0) is 48.0. The summed E-state index contributed by atoms with van der Waals surface area (Å²) in [6, 6.07) is -0.832. The third-order valence-corrected chi connectivity index (χ3v) is 12.8. The van der Waals surface area contributed by atoms with Crippen LogP contribution in [-0.4, -0.2) is 87.5 Å². The van der Waals surface area contributed by atoms with Gasteiger partial charge in [0.05, 0.1) is 25.4 Å². The van der Waals surface area contributed by atoms with Gasteiger partial charge in [-0.3, -0.25) is 4.79 Å². The molecule has 0 aromatic carbocycles. The molecule has 0 spiro atoms. The molecule has 9 nitrogen and oxygen atoms in total. The first-order valence-corrected chi connectivity index (χ1v) is 27.5. The topological polar surface area (TPSA) is 149 Å². The van der Waals surface area contributed by atoms with E-state index in [0.29, 0.717) is 6.42 Å². The summed E-state index contributed by atoms with van der Waals surface area (Å²) in [5.74, 6) is -0.199. The van der Waals surface area contributed by atoms with Gasteiger partial charge >= 0.3 is 0 Å². The van der Waals surface area contributed by atoms with E-state index in [1.807, 2.05) is 6.08 Å². The lowest BCUT2D eigenvalue weighted by Gasteiger charge is -2.40. The molecule has 384 valence electrons. The molecule has 7 atom stereocenters. The number of carbonyl (C=O) groups excluding carboxylic acids is 1. The maximum absolute atomic E-state index is 13.0. The summed E-state index contributed by atoms with van der Waals surface area (Å²) >= 11 is 0. The standard InChI is InChI=1S/C57H103NO8/c1-3-5-7-9-11-13-15-17-19-21-23-25-27-28-30-32-34-36-38-40-42-44-46-51(60)50(49-65-57-56(64)55(63)54(62)52(48-59)66-57)58-53(61)47-45-43-41-39-37-35-33-31-29-26-24-22-20-18-16-14-12-10-8-6-4-2/h16,18,22,24,29,31,36,38,44,46,50-52,54-57,59-60,62-64H,3-15,17,19-21,23,25-28,30,32-35,37,39-43,45,47-49H2,1-2H3,(H,58,61)/b18-16-,24-22-,31-29-,38-36+,46-44+. The Balaban J connectivity index is 2.31. The van der Waals surface area contributed by atoms with Crippen LogP contribution in [0.1, 0.15) is 239 Å². The van der Waals surface area contributed by atoms with Crippen molar-refractivity contribution >= 4 is 5.91 Å². The molecule has 0 aliphatic carbocycles. The van der Waals surface area contributed by atoms with E-state index in [9.17, 15) is 30.3 Å². The minimum Gasteiger partial charge on any atom is -0.394 e. The Morgan fingerprint density at radius 2 is 0.909 bits per heavy atom. The Labute approximate surface area is 405 Å². The molecular formula is C57H103NO8. The lowest BCUT2D eigenvalue weighted by atomic mass is 9.99. The highest BCUT2D eigenvalue weighted by molar-refractivity contribution is 5.76. The second-order valence-corrected chi connectivity index (χ2v) is 19.0. The van der Waals surface area contributed by atoms with Gasteiger partial charge in [-0.15, -0.1) is 0 Å². The minimum atomic E-state index is -1.58. The summed E-state index contributed by atoms with van der Waals surface area (Å²) in [4.78, 5) is 13.0. The van der Waals surface area contributed by atoms with Crippen LogP contribution in [0, 0.1) is 0 Å². The Bertz CT molecular complexity index is 1220. The fraction of sp³-hybridized carbons (Fsp3) is 0.807. The van der Waals surface area contributed by atoms with Crippen molar-refractivity contribution in [3.8, 4) is 0 Å². The molecule has 1 saturated heterocycles. The molecule has 0 saturated carbocycles. The zero-order valence-electron chi connectivity index (χ0n) is 42.4. The molecule has 1 aliphatic heterocycles. The van der Waals surface area contributed by atoms with Crippen LogP contribution in [-0.2, 0) is 14.3 Å². The number of rotatable bonds is 46. The molecule has 1 rings (SSSR count). The van der Waals surface area contributed by atoms with Crippen molar-refractivity contribution in [3.63, 3.8) is 0 Å². The van der Waals surface area contributed by atoms with Gasteiger partial charge in [0, 0.05) is 6.42 Å². The van der Waals surface area contributed by atoms with Crippen LogP contribution in [0.5, 0.6) is 0 Å². The van der Waals surface area contributed by atoms with Crippen LogP contribution >= 0.6 is 0 Å². The Morgan fingerprint density at radius 3 is 1.38 bits per heavy atom. The summed E-state index contributed by atoms with van der Waals surface area (Å²) in [5.41, 5.74) is 0. The van der Waals surface area contributed by atoms with E-state index in [0.717, 1.165) is 64.2 Å². The summed E-state index contributed by atoms with van der Waals surface area (Å²) in [7, 11) is 0. The second-order valence-electron chi connectivity index (χ2n) is 19.0. The van der Waals surface area contributed by atoms with Crippen LogP contribution < -0.4 is 5.32 Å². The van der Waals surface area contributed by atoms with Crippen molar-refractivity contribution in [3.05, 3.63) is 60.8 Å². The Morgan fingerprint density at radius 1 is 0.515 bits per heavy atom. The number of hydrogen-bond acceptors (Lipinski definition) is 8. The van der Waals surface area contributed by atoms with Crippen LogP contribution in [0.15, 0.2) is 60.8 Å². The molecule has 0 aromatic rings. The van der Waals surface area contributed by atoms with Crippen molar-refractivity contribution in [1.29, 1.82) is 0 Å². The van der Waals surface area contributed by atoms with Crippen molar-refractivity contribution in [2.45, 2.75) is 281 Å². The second kappa shape index (κ2) is 46.6. The minimum absolute atomic E-state index is 0.199. The van der Waals surface area contributed by atoms with E-state index in [2.05, 4.69) is 67.8 Å². The predicted octanol–water partition coefficient (Wildman–Crippen LogP) is 13.1. The van der Waals surface area contributed by atoms with Crippen LogP contribution in [0.4, 0.5) is 0 Å². The van der Waals surface area contributed by atoms with Crippen molar-refractivity contribution in [2.24, 2.45) is 0 Å². The summed E-state index contributed by atoms with van der Waals surface area (Å²) in [6.45, 7) is 3.75. The zero-order valence-corrected chi connectivity index (χ0v) is 42.4. The van der Waals surface area contributed by atoms with Crippen LogP contribution in [0.2, 0.25) is 0 Å². The molecule has 0 aromatic heterocycles. The number of hydrogen-bond donors (Lipinski definition) is 6. The van der Waals surface area contributed by atoms with Crippen molar-refractivity contribution < 1.29 is 39.8 Å². The van der Waals surface area contributed by atoms with Gasteiger partial charge < -0.3 is 40.3 Å². The van der Waals surface area contributed by atoms with E-state index >= 15 is 0 Å². The molecule has 66 heavy (non-hydrogen) atoms. The fourth-order valence-electron chi connectivity index (χ4n) is 8.41. The average molecular weight is 930 g/mol. The number of aliphatic hydroxyl groups is 5. The van der Waals surface area contributed by atoms with Gasteiger partial charge in [0.2, 0.25) is 5.91 Å². The summed E-state index contributed by atoms with van der Waals surface area (Å²) in [6.07, 6.45) is 55.6.